The number of hydrogen-bond acceptors (Lipinski definition) is 2. The third kappa shape index (κ3) is 5.13. The first kappa shape index (κ1) is 13.7. The summed E-state index contributed by atoms with van der Waals surface area (Å²) in [5.41, 5.74) is 1.50. The molecule has 0 aromatic carbocycles. The highest BCUT2D eigenvalue weighted by molar-refractivity contribution is 7.12. The number of aryl methyl sites for hydroxylation is 3. The molecule has 0 aliphatic rings. The molecule has 0 amide bonds. The zero-order chi connectivity index (χ0) is 11.8. The first-order valence-corrected chi connectivity index (χ1v) is 7.32. The summed E-state index contributed by atoms with van der Waals surface area (Å²) in [5, 5.41) is 3.37. The second-order valence-electron chi connectivity index (χ2n) is 4.48. The molecule has 2 heteroatoms. The van der Waals surface area contributed by atoms with Crippen LogP contribution in [0.3, 0.4) is 0 Å². The van der Waals surface area contributed by atoms with Crippen molar-refractivity contribution in [3.63, 3.8) is 0 Å². The van der Waals surface area contributed by atoms with Gasteiger partial charge in [-0.3, -0.25) is 0 Å². The maximum Gasteiger partial charge on any atom is 0.00772 e. The lowest BCUT2D eigenvalue weighted by Crippen LogP contribution is -2.13. The van der Waals surface area contributed by atoms with Crippen LogP contribution in [0.4, 0.5) is 0 Å². The van der Waals surface area contributed by atoms with E-state index in [4.69, 9.17) is 0 Å². The molecule has 92 valence electrons. The summed E-state index contributed by atoms with van der Waals surface area (Å²) in [4.78, 5) is 3.06. The van der Waals surface area contributed by atoms with Gasteiger partial charge in [-0.2, -0.15) is 0 Å². The highest BCUT2D eigenvalue weighted by Gasteiger charge is 2.02. The van der Waals surface area contributed by atoms with E-state index in [1.807, 2.05) is 11.3 Å². The Hall–Kier alpha value is -0.340. The number of hydrogen-bond donors (Lipinski definition) is 1. The minimum Gasteiger partial charge on any atom is -0.317 e. The summed E-state index contributed by atoms with van der Waals surface area (Å²) in [7, 11) is 0. The fraction of sp³-hybridized carbons (Fsp3) is 0.714. The summed E-state index contributed by atoms with van der Waals surface area (Å²) >= 11 is 1.97. The molecule has 0 fully saturated rings. The van der Waals surface area contributed by atoms with E-state index in [2.05, 4.69) is 32.2 Å². The lowest BCUT2D eigenvalue weighted by molar-refractivity contribution is 0.599. The Labute approximate surface area is 104 Å². The van der Waals surface area contributed by atoms with Gasteiger partial charge in [0.05, 0.1) is 0 Å². The van der Waals surface area contributed by atoms with Crippen LogP contribution in [0.2, 0.25) is 0 Å². The molecule has 1 N–H and O–H groups in total. The molecule has 0 aliphatic heterocycles. The van der Waals surface area contributed by atoms with Gasteiger partial charge in [0.2, 0.25) is 0 Å². The lowest BCUT2D eigenvalue weighted by Gasteiger charge is -2.02. The SMILES string of the molecule is CCNCCCCCCc1sc(C)cc1C. The molecule has 0 spiro atoms. The van der Waals surface area contributed by atoms with Crippen LogP contribution in [0.5, 0.6) is 0 Å². The standard InChI is InChI=1S/C14H25NS/c1-4-15-10-8-6-5-7-9-14-12(2)11-13(3)16-14/h11,15H,4-10H2,1-3H3. The van der Waals surface area contributed by atoms with Crippen molar-refractivity contribution in [3.05, 3.63) is 21.4 Å². The third-order valence-electron chi connectivity index (χ3n) is 2.90. The van der Waals surface area contributed by atoms with Crippen LogP contribution in [-0.2, 0) is 6.42 Å². The predicted molar refractivity (Wildman–Crippen MR) is 74.5 cm³/mol. The molecule has 0 saturated heterocycles. The van der Waals surface area contributed by atoms with Crippen LogP contribution in [0.15, 0.2) is 6.07 Å². The highest BCUT2D eigenvalue weighted by atomic mass is 32.1. The van der Waals surface area contributed by atoms with Crippen LogP contribution >= 0.6 is 11.3 Å². The van der Waals surface area contributed by atoms with Crippen molar-refractivity contribution in [1.82, 2.24) is 5.32 Å². The maximum absolute atomic E-state index is 3.37. The minimum atomic E-state index is 1.10. The average molecular weight is 239 g/mol. The van der Waals surface area contributed by atoms with Crippen LogP contribution in [0, 0.1) is 13.8 Å². The number of rotatable bonds is 8. The van der Waals surface area contributed by atoms with E-state index in [0.29, 0.717) is 0 Å². The topological polar surface area (TPSA) is 12.0 Å². The van der Waals surface area contributed by atoms with Crippen molar-refractivity contribution in [2.75, 3.05) is 13.1 Å². The van der Waals surface area contributed by atoms with E-state index in [1.165, 1.54) is 49.1 Å². The molecular weight excluding hydrogens is 214 g/mol. The summed E-state index contributed by atoms with van der Waals surface area (Å²) in [6.45, 7) is 8.91. The molecule has 0 aliphatic carbocycles. The largest absolute Gasteiger partial charge is 0.317 e. The fourth-order valence-electron chi connectivity index (χ4n) is 2.00. The molecule has 1 heterocycles. The Kier molecular flexibility index (Phi) is 6.74. The van der Waals surface area contributed by atoms with Gasteiger partial charge in [0.15, 0.2) is 0 Å². The number of nitrogens with one attached hydrogen (secondary N) is 1. The van der Waals surface area contributed by atoms with Crippen molar-refractivity contribution < 1.29 is 0 Å². The molecule has 1 rings (SSSR count). The lowest BCUT2D eigenvalue weighted by atomic mass is 10.1. The maximum atomic E-state index is 3.37. The van der Waals surface area contributed by atoms with Crippen molar-refractivity contribution >= 4 is 11.3 Å². The van der Waals surface area contributed by atoms with Crippen molar-refractivity contribution in [1.29, 1.82) is 0 Å². The summed E-state index contributed by atoms with van der Waals surface area (Å²) in [5.74, 6) is 0. The van der Waals surface area contributed by atoms with Gasteiger partial charge < -0.3 is 5.32 Å². The Bertz CT molecular complexity index is 291. The Morgan fingerprint density at radius 2 is 1.88 bits per heavy atom. The average Bonchev–Trinajstić information content (AvgIpc) is 2.56. The van der Waals surface area contributed by atoms with E-state index >= 15 is 0 Å². The third-order valence-corrected chi connectivity index (χ3v) is 4.11. The summed E-state index contributed by atoms with van der Waals surface area (Å²) in [6, 6.07) is 2.31. The van der Waals surface area contributed by atoms with Gasteiger partial charge in [0.25, 0.3) is 0 Å². The van der Waals surface area contributed by atoms with Gasteiger partial charge in [0.1, 0.15) is 0 Å². The van der Waals surface area contributed by atoms with Crippen LogP contribution in [0.1, 0.15) is 47.9 Å². The van der Waals surface area contributed by atoms with Gasteiger partial charge >= 0.3 is 0 Å². The molecule has 1 aromatic rings. The van der Waals surface area contributed by atoms with E-state index in [-0.39, 0.29) is 0 Å². The second kappa shape index (κ2) is 7.86. The molecule has 1 nitrogen and oxygen atoms in total. The van der Waals surface area contributed by atoms with Crippen LogP contribution in [-0.4, -0.2) is 13.1 Å². The van der Waals surface area contributed by atoms with E-state index in [0.717, 1.165) is 6.54 Å². The van der Waals surface area contributed by atoms with Gasteiger partial charge in [-0.05, 0) is 57.8 Å². The normalized spacial score (nSPS) is 10.9. The van der Waals surface area contributed by atoms with E-state index in [9.17, 15) is 0 Å². The minimum absolute atomic E-state index is 1.10. The summed E-state index contributed by atoms with van der Waals surface area (Å²) < 4.78 is 0. The zero-order valence-corrected chi connectivity index (χ0v) is 11.8. The molecule has 1 aromatic heterocycles. The fourth-order valence-corrected chi connectivity index (χ4v) is 3.09. The molecule has 0 atom stereocenters. The highest BCUT2D eigenvalue weighted by Crippen LogP contribution is 2.22. The van der Waals surface area contributed by atoms with Gasteiger partial charge in [-0.15, -0.1) is 11.3 Å². The Balaban J connectivity index is 2.05. The summed E-state index contributed by atoms with van der Waals surface area (Å²) in [6.07, 6.45) is 6.72. The predicted octanol–water partition coefficient (Wildman–Crippen LogP) is 4.08. The van der Waals surface area contributed by atoms with E-state index < -0.39 is 0 Å². The van der Waals surface area contributed by atoms with Crippen LogP contribution in [0.25, 0.3) is 0 Å². The first-order valence-electron chi connectivity index (χ1n) is 6.50. The zero-order valence-electron chi connectivity index (χ0n) is 10.9. The van der Waals surface area contributed by atoms with Gasteiger partial charge in [-0.1, -0.05) is 19.8 Å². The van der Waals surface area contributed by atoms with Crippen molar-refractivity contribution in [2.24, 2.45) is 0 Å². The molecule has 16 heavy (non-hydrogen) atoms. The van der Waals surface area contributed by atoms with Crippen molar-refractivity contribution in [3.8, 4) is 0 Å². The molecule has 0 bridgehead atoms. The Morgan fingerprint density at radius 1 is 1.12 bits per heavy atom. The van der Waals surface area contributed by atoms with Gasteiger partial charge in [-0.25, -0.2) is 0 Å². The number of unbranched alkanes of at least 4 members (excludes halogenated alkanes) is 3. The molecule has 0 unspecified atom stereocenters. The Morgan fingerprint density at radius 3 is 2.50 bits per heavy atom. The number of thiophene rings is 1. The molecular formula is C14H25NS. The molecule has 0 radical (unpaired) electrons. The van der Waals surface area contributed by atoms with Gasteiger partial charge in [0, 0.05) is 9.75 Å². The van der Waals surface area contributed by atoms with Crippen LogP contribution < -0.4 is 5.32 Å². The molecule has 0 saturated carbocycles. The first-order chi connectivity index (χ1) is 7.74. The smallest absolute Gasteiger partial charge is 0.00772 e. The second-order valence-corrected chi connectivity index (χ2v) is 5.82. The quantitative estimate of drug-likeness (QED) is 0.674. The van der Waals surface area contributed by atoms with E-state index in [1.54, 1.807) is 4.88 Å². The van der Waals surface area contributed by atoms with Crippen molar-refractivity contribution in [2.45, 2.75) is 52.9 Å². The monoisotopic (exact) mass is 239 g/mol.